The molecule has 0 fully saturated rings. The van der Waals surface area contributed by atoms with E-state index in [2.05, 4.69) is 46.9 Å². The normalized spacial score (nSPS) is 11.5. The zero-order valence-electron chi connectivity index (χ0n) is 13.0. The van der Waals surface area contributed by atoms with Gasteiger partial charge in [-0.2, -0.15) is 0 Å². The third-order valence-electron chi connectivity index (χ3n) is 3.43. The van der Waals surface area contributed by atoms with Crippen molar-refractivity contribution in [2.45, 2.75) is 6.92 Å². The minimum Gasteiger partial charge on any atom is -0.295 e. The molecule has 0 unspecified atom stereocenters. The maximum atomic E-state index is 12.8. The molecule has 0 saturated heterocycles. The van der Waals surface area contributed by atoms with E-state index in [9.17, 15) is 4.79 Å². The number of nitrogens with one attached hydrogen (secondary N) is 1. The van der Waals surface area contributed by atoms with E-state index in [4.69, 9.17) is 34.8 Å². The summed E-state index contributed by atoms with van der Waals surface area (Å²) < 4.78 is 2.78. The van der Waals surface area contributed by atoms with Gasteiger partial charge in [-0.25, -0.2) is 14.7 Å². The molecular formula is C16H9Br2Cl3N4O. The van der Waals surface area contributed by atoms with E-state index in [0.29, 0.717) is 32.3 Å². The Labute approximate surface area is 180 Å². The minimum atomic E-state index is -0.342. The predicted octanol–water partition coefficient (Wildman–Crippen LogP) is 6.10. The average Bonchev–Trinajstić information content (AvgIpc) is 2.80. The van der Waals surface area contributed by atoms with Crippen molar-refractivity contribution < 1.29 is 0 Å². The molecule has 0 bridgehead atoms. The molecule has 134 valence electrons. The van der Waals surface area contributed by atoms with Crippen molar-refractivity contribution in [3.05, 3.63) is 70.0 Å². The van der Waals surface area contributed by atoms with E-state index >= 15 is 0 Å². The van der Waals surface area contributed by atoms with Crippen molar-refractivity contribution in [3.8, 4) is 5.69 Å². The lowest BCUT2D eigenvalue weighted by Gasteiger charge is -2.07. The Kier molecular flexibility index (Phi) is 5.94. The molecular weight excluding hydrogens is 530 g/mol. The maximum Gasteiger partial charge on any atom is 0.280 e. The van der Waals surface area contributed by atoms with E-state index in [0.717, 1.165) is 4.47 Å². The predicted molar refractivity (Wildman–Crippen MR) is 113 cm³/mol. The third kappa shape index (κ3) is 3.92. The number of rotatable bonds is 3. The summed E-state index contributed by atoms with van der Waals surface area (Å²) in [5.74, 6) is 0.447. The van der Waals surface area contributed by atoms with Gasteiger partial charge in [0.2, 0.25) is 0 Å². The van der Waals surface area contributed by atoms with Crippen LogP contribution in [0.3, 0.4) is 0 Å². The van der Waals surface area contributed by atoms with Gasteiger partial charge in [0.05, 0.1) is 20.1 Å². The molecule has 0 aliphatic rings. The standard InChI is InChI=1S/C16H9Br2Cl3N4O/c1-7-10(6-23-15-11(18)2-8(17)5-22-15)16(26)25(24-7)14-12(20)3-9(19)4-13(14)21/h2-6,24H,1H3. The Bertz CT molecular complexity index is 1070. The van der Waals surface area contributed by atoms with Crippen molar-refractivity contribution in [2.24, 2.45) is 4.99 Å². The summed E-state index contributed by atoms with van der Waals surface area (Å²) in [5.41, 5.74) is 0.955. The first kappa shape index (κ1) is 19.6. The fourth-order valence-corrected chi connectivity index (χ4v) is 4.32. The van der Waals surface area contributed by atoms with E-state index in [-0.39, 0.29) is 15.6 Å². The number of hydrogen-bond acceptors (Lipinski definition) is 3. The van der Waals surface area contributed by atoms with E-state index in [1.165, 1.54) is 23.0 Å². The lowest BCUT2D eigenvalue weighted by Crippen LogP contribution is -2.18. The molecule has 2 heterocycles. The van der Waals surface area contributed by atoms with Gasteiger partial charge in [-0.3, -0.25) is 9.89 Å². The highest BCUT2D eigenvalue weighted by Gasteiger charge is 2.17. The second-order valence-corrected chi connectivity index (χ2v) is 8.25. The molecule has 3 rings (SSSR count). The van der Waals surface area contributed by atoms with Crippen LogP contribution < -0.4 is 5.56 Å². The molecule has 0 atom stereocenters. The monoisotopic (exact) mass is 536 g/mol. The second-order valence-electron chi connectivity index (χ2n) is 5.23. The summed E-state index contributed by atoms with van der Waals surface area (Å²) in [6.07, 6.45) is 3.07. The Balaban J connectivity index is 2.07. The SMILES string of the molecule is Cc1[nH]n(-c2c(Cl)cc(Cl)cc2Cl)c(=O)c1C=Nc1ncc(Br)cc1Br. The summed E-state index contributed by atoms with van der Waals surface area (Å²) in [6.45, 7) is 1.75. The van der Waals surface area contributed by atoms with Gasteiger partial charge in [0.1, 0.15) is 5.69 Å². The fraction of sp³-hybridized carbons (Fsp3) is 0.0625. The van der Waals surface area contributed by atoms with Crippen LogP contribution in [0.15, 0.2) is 43.1 Å². The minimum absolute atomic E-state index is 0.256. The van der Waals surface area contributed by atoms with Gasteiger partial charge in [-0.1, -0.05) is 34.8 Å². The quantitative estimate of drug-likeness (QED) is 0.409. The van der Waals surface area contributed by atoms with Gasteiger partial charge in [-0.15, -0.1) is 0 Å². The molecule has 5 nitrogen and oxygen atoms in total. The van der Waals surface area contributed by atoms with Crippen LogP contribution in [-0.2, 0) is 0 Å². The molecule has 2 aromatic heterocycles. The molecule has 26 heavy (non-hydrogen) atoms. The van der Waals surface area contributed by atoms with Crippen molar-refractivity contribution in [3.63, 3.8) is 0 Å². The highest BCUT2D eigenvalue weighted by atomic mass is 79.9. The first-order chi connectivity index (χ1) is 12.3. The zero-order valence-corrected chi connectivity index (χ0v) is 18.5. The van der Waals surface area contributed by atoms with Gasteiger partial charge >= 0.3 is 0 Å². The van der Waals surface area contributed by atoms with Crippen molar-refractivity contribution >= 4 is 78.7 Å². The zero-order chi connectivity index (χ0) is 19.0. The molecule has 1 N–H and O–H groups in total. The van der Waals surface area contributed by atoms with Crippen LogP contribution in [0, 0.1) is 6.92 Å². The molecule has 1 aromatic carbocycles. The van der Waals surface area contributed by atoms with Crippen molar-refractivity contribution in [2.75, 3.05) is 0 Å². The van der Waals surface area contributed by atoms with Crippen LogP contribution in [0.25, 0.3) is 5.69 Å². The van der Waals surface area contributed by atoms with Crippen molar-refractivity contribution in [1.82, 2.24) is 14.8 Å². The molecule has 0 saturated carbocycles. The highest BCUT2D eigenvalue weighted by Crippen LogP contribution is 2.31. The van der Waals surface area contributed by atoms with Crippen LogP contribution >= 0.6 is 66.7 Å². The van der Waals surface area contributed by atoms with Crippen molar-refractivity contribution in [1.29, 1.82) is 0 Å². The number of aromatic amines is 1. The molecule has 0 amide bonds. The largest absolute Gasteiger partial charge is 0.295 e. The number of aliphatic imine (C=N–C) groups is 1. The van der Waals surface area contributed by atoms with E-state index in [1.54, 1.807) is 13.1 Å². The molecule has 3 aromatic rings. The summed E-state index contributed by atoms with van der Waals surface area (Å²) >= 11 is 25.1. The topological polar surface area (TPSA) is 63.0 Å². The van der Waals surface area contributed by atoms with Crippen LogP contribution in [0.5, 0.6) is 0 Å². The van der Waals surface area contributed by atoms with Crippen LogP contribution in [0.1, 0.15) is 11.3 Å². The molecule has 0 radical (unpaired) electrons. The van der Waals surface area contributed by atoms with Crippen LogP contribution in [0.2, 0.25) is 15.1 Å². The van der Waals surface area contributed by atoms with Gasteiger partial charge in [0.25, 0.3) is 5.56 Å². The third-order valence-corrected chi connectivity index (χ3v) is 5.24. The highest BCUT2D eigenvalue weighted by molar-refractivity contribution is 9.11. The van der Waals surface area contributed by atoms with Gasteiger partial charge in [0.15, 0.2) is 5.82 Å². The lowest BCUT2D eigenvalue weighted by atomic mass is 10.3. The number of halogens is 5. The Morgan fingerprint density at radius 1 is 1.19 bits per heavy atom. The summed E-state index contributed by atoms with van der Waals surface area (Å²) in [6, 6.07) is 4.85. The van der Waals surface area contributed by atoms with Crippen LogP contribution in [0.4, 0.5) is 5.82 Å². The first-order valence-corrected chi connectivity index (χ1v) is 9.81. The van der Waals surface area contributed by atoms with Crippen LogP contribution in [-0.4, -0.2) is 21.0 Å². The van der Waals surface area contributed by atoms with Gasteiger partial charge in [0, 0.05) is 27.6 Å². The average molecular weight is 539 g/mol. The maximum absolute atomic E-state index is 12.8. The van der Waals surface area contributed by atoms with Gasteiger partial charge in [-0.05, 0) is 57.0 Å². The molecule has 10 heteroatoms. The summed E-state index contributed by atoms with van der Waals surface area (Å²) in [5, 5.41) is 3.85. The van der Waals surface area contributed by atoms with E-state index < -0.39 is 0 Å². The Morgan fingerprint density at radius 3 is 2.46 bits per heavy atom. The van der Waals surface area contributed by atoms with E-state index in [1.807, 2.05) is 6.07 Å². The Hall–Kier alpha value is -1.12. The smallest absolute Gasteiger partial charge is 0.280 e. The number of aromatic nitrogens is 3. The molecule has 0 aliphatic heterocycles. The first-order valence-electron chi connectivity index (χ1n) is 7.09. The lowest BCUT2D eigenvalue weighted by molar-refractivity contribution is 0.835. The summed E-state index contributed by atoms with van der Waals surface area (Å²) in [7, 11) is 0. The second kappa shape index (κ2) is 7.86. The molecule has 0 spiro atoms. The number of aryl methyl sites for hydroxylation is 1. The number of benzene rings is 1. The number of hydrogen-bond donors (Lipinski definition) is 1. The number of H-pyrrole nitrogens is 1. The van der Waals surface area contributed by atoms with Gasteiger partial charge < -0.3 is 0 Å². The number of nitrogens with zero attached hydrogens (tertiary/aromatic N) is 3. The fourth-order valence-electron chi connectivity index (χ4n) is 2.25. The molecule has 0 aliphatic carbocycles. The summed E-state index contributed by atoms with van der Waals surface area (Å²) in [4.78, 5) is 21.3. The Morgan fingerprint density at radius 2 is 1.85 bits per heavy atom. The number of pyridine rings is 1.